The third kappa shape index (κ3) is 2.15. The van der Waals surface area contributed by atoms with Gasteiger partial charge >= 0.3 is 18.1 Å². The van der Waals surface area contributed by atoms with Crippen LogP contribution in [-0.2, 0) is 10.9 Å². The molecule has 0 aromatic carbocycles. The molecule has 1 heterocycles. The molecular formula is C8H5F3O5. The van der Waals surface area contributed by atoms with Gasteiger partial charge in [-0.15, -0.1) is 0 Å². The Bertz CT molecular complexity index is 431. The SMILES string of the molecule is COC(=O)c1cc(C(=O)O)c(C(F)(F)F)o1. The lowest BCUT2D eigenvalue weighted by atomic mass is 10.2. The number of carbonyl (C=O) groups is 2. The number of halogens is 3. The minimum absolute atomic E-state index is 0.469. The molecule has 0 radical (unpaired) electrons. The van der Waals surface area contributed by atoms with Crippen LogP contribution < -0.4 is 0 Å². The summed E-state index contributed by atoms with van der Waals surface area (Å²) in [5, 5.41) is 8.48. The first kappa shape index (κ1) is 12.1. The molecule has 1 aromatic rings. The Morgan fingerprint density at radius 3 is 2.31 bits per heavy atom. The van der Waals surface area contributed by atoms with Crippen LogP contribution in [0.4, 0.5) is 13.2 Å². The van der Waals surface area contributed by atoms with Crippen LogP contribution in [-0.4, -0.2) is 24.2 Å². The van der Waals surface area contributed by atoms with Crippen molar-refractivity contribution < 1.29 is 37.0 Å². The predicted molar refractivity (Wildman–Crippen MR) is 42.0 cm³/mol. The van der Waals surface area contributed by atoms with Gasteiger partial charge in [0.2, 0.25) is 11.5 Å². The van der Waals surface area contributed by atoms with Gasteiger partial charge in [-0.05, 0) is 0 Å². The largest absolute Gasteiger partial charge is 0.478 e. The first-order chi connectivity index (χ1) is 7.27. The number of alkyl halides is 3. The standard InChI is InChI=1S/C8H5F3O5/c1-15-7(14)4-2-3(6(12)13)5(16-4)8(9,10)11/h2H,1H3,(H,12,13). The van der Waals surface area contributed by atoms with Crippen LogP contribution in [0.3, 0.4) is 0 Å². The molecule has 0 saturated carbocycles. The number of methoxy groups -OCH3 is 1. The minimum atomic E-state index is -4.99. The summed E-state index contributed by atoms with van der Waals surface area (Å²) in [5.74, 6) is -5.57. The number of hydrogen-bond donors (Lipinski definition) is 1. The Labute approximate surface area is 86.4 Å². The van der Waals surface area contributed by atoms with Gasteiger partial charge in [0, 0.05) is 6.07 Å². The predicted octanol–water partition coefficient (Wildman–Crippen LogP) is 1.78. The lowest BCUT2D eigenvalue weighted by molar-refractivity contribution is -0.153. The molecular weight excluding hydrogens is 233 g/mol. The first-order valence-corrected chi connectivity index (χ1v) is 3.80. The maximum atomic E-state index is 12.3. The summed E-state index contributed by atoms with van der Waals surface area (Å²) in [7, 11) is 0.929. The summed E-state index contributed by atoms with van der Waals surface area (Å²) in [6.45, 7) is 0. The molecule has 8 heteroatoms. The van der Waals surface area contributed by atoms with Crippen molar-refractivity contribution in [3.8, 4) is 0 Å². The van der Waals surface area contributed by atoms with E-state index in [1.165, 1.54) is 0 Å². The number of carboxylic acid groups (broad SMARTS) is 1. The van der Waals surface area contributed by atoms with Crippen molar-refractivity contribution in [2.24, 2.45) is 0 Å². The van der Waals surface area contributed by atoms with E-state index in [-0.39, 0.29) is 0 Å². The van der Waals surface area contributed by atoms with E-state index in [0.29, 0.717) is 6.07 Å². The van der Waals surface area contributed by atoms with E-state index >= 15 is 0 Å². The van der Waals surface area contributed by atoms with Crippen molar-refractivity contribution in [3.63, 3.8) is 0 Å². The van der Waals surface area contributed by atoms with Gasteiger partial charge in [0.1, 0.15) is 5.56 Å². The van der Waals surface area contributed by atoms with E-state index in [1.54, 1.807) is 0 Å². The smallest absolute Gasteiger partial charge is 0.450 e. The maximum absolute atomic E-state index is 12.3. The average Bonchev–Trinajstić information content (AvgIpc) is 2.60. The fraction of sp³-hybridized carbons (Fsp3) is 0.250. The van der Waals surface area contributed by atoms with E-state index < -0.39 is 35.2 Å². The Morgan fingerprint density at radius 1 is 1.44 bits per heavy atom. The van der Waals surface area contributed by atoms with Gasteiger partial charge in [-0.25, -0.2) is 9.59 Å². The van der Waals surface area contributed by atoms with Crippen LogP contribution in [0.15, 0.2) is 10.5 Å². The molecule has 0 amide bonds. The summed E-state index contributed by atoms with van der Waals surface area (Å²) in [6.07, 6.45) is -4.99. The Balaban J connectivity index is 3.32. The zero-order valence-electron chi connectivity index (χ0n) is 7.79. The van der Waals surface area contributed by atoms with Crippen LogP contribution >= 0.6 is 0 Å². The molecule has 0 fully saturated rings. The highest BCUT2D eigenvalue weighted by Gasteiger charge is 2.41. The second-order valence-corrected chi connectivity index (χ2v) is 2.65. The van der Waals surface area contributed by atoms with Crippen LogP contribution in [0.25, 0.3) is 0 Å². The monoisotopic (exact) mass is 238 g/mol. The van der Waals surface area contributed by atoms with Crippen molar-refractivity contribution in [2.45, 2.75) is 6.18 Å². The van der Waals surface area contributed by atoms with E-state index in [1.807, 2.05) is 0 Å². The lowest BCUT2D eigenvalue weighted by Gasteiger charge is -2.02. The van der Waals surface area contributed by atoms with Crippen LogP contribution in [0.1, 0.15) is 26.7 Å². The quantitative estimate of drug-likeness (QED) is 0.794. The molecule has 1 aromatic heterocycles. The number of carbonyl (C=O) groups excluding carboxylic acids is 1. The summed E-state index contributed by atoms with van der Waals surface area (Å²) >= 11 is 0. The highest BCUT2D eigenvalue weighted by molar-refractivity contribution is 5.94. The Hall–Kier alpha value is -1.99. The van der Waals surface area contributed by atoms with Gasteiger partial charge < -0.3 is 14.3 Å². The van der Waals surface area contributed by atoms with E-state index in [0.717, 1.165) is 7.11 Å². The third-order valence-corrected chi connectivity index (χ3v) is 1.61. The highest BCUT2D eigenvalue weighted by Crippen LogP contribution is 2.34. The molecule has 88 valence electrons. The van der Waals surface area contributed by atoms with Gasteiger partial charge in [-0.3, -0.25) is 0 Å². The molecule has 1 rings (SSSR count). The van der Waals surface area contributed by atoms with Gasteiger partial charge in [0.05, 0.1) is 7.11 Å². The summed E-state index contributed by atoms with van der Waals surface area (Å²) in [4.78, 5) is 21.3. The van der Waals surface area contributed by atoms with E-state index in [9.17, 15) is 22.8 Å². The van der Waals surface area contributed by atoms with Crippen LogP contribution in [0.2, 0.25) is 0 Å². The molecule has 16 heavy (non-hydrogen) atoms. The van der Waals surface area contributed by atoms with Crippen molar-refractivity contribution in [3.05, 3.63) is 23.2 Å². The zero-order valence-corrected chi connectivity index (χ0v) is 7.79. The molecule has 0 atom stereocenters. The molecule has 5 nitrogen and oxygen atoms in total. The molecule has 1 N–H and O–H groups in total. The van der Waals surface area contributed by atoms with Crippen molar-refractivity contribution in [1.82, 2.24) is 0 Å². The van der Waals surface area contributed by atoms with Gasteiger partial charge in [-0.2, -0.15) is 13.2 Å². The van der Waals surface area contributed by atoms with Gasteiger partial charge in [-0.1, -0.05) is 0 Å². The second kappa shape index (κ2) is 3.87. The Morgan fingerprint density at radius 2 is 2.00 bits per heavy atom. The zero-order chi connectivity index (χ0) is 12.5. The van der Waals surface area contributed by atoms with E-state index in [2.05, 4.69) is 9.15 Å². The molecule has 0 spiro atoms. The molecule has 0 aliphatic heterocycles. The lowest BCUT2D eigenvalue weighted by Crippen LogP contribution is -2.09. The first-order valence-electron chi connectivity index (χ1n) is 3.80. The van der Waals surface area contributed by atoms with Crippen molar-refractivity contribution in [2.75, 3.05) is 7.11 Å². The highest BCUT2D eigenvalue weighted by atomic mass is 19.4. The topological polar surface area (TPSA) is 76.7 Å². The van der Waals surface area contributed by atoms with Gasteiger partial charge in [0.15, 0.2) is 0 Å². The normalized spacial score (nSPS) is 11.2. The van der Waals surface area contributed by atoms with Crippen molar-refractivity contribution >= 4 is 11.9 Å². The second-order valence-electron chi connectivity index (χ2n) is 2.65. The third-order valence-electron chi connectivity index (χ3n) is 1.61. The maximum Gasteiger partial charge on any atom is 0.450 e. The molecule has 0 saturated heterocycles. The summed E-state index contributed by atoms with van der Waals surface area (Å²) in [5.41, 5.74) is -1.13. The fourth-order valence-corrected chi connectivity index (χ4v) is 0.962. The number of ether oxygens (including phenoxy) is 1. The minimum Gasteiger partial charge on any atom is -0.478 e. The van der Waals surface area contributed by atoms with Gasteiger partial charge in [0.25, 0.3) is 0 Å². The van der Waals surface area contributed by atoms with Crippen LogP contribution in [0, 0.1) is 0 Å². The average molecular weight is 238 g/mol. The van der Waals surface area contributed by atoms with Crippen LogP contribution in [0.5, 0.6) is 0 Å². The number of furan rings is 1. The molecule has 0 aliphatic carbocycles. The van der Waals surface area contributed by atoms with Crippen molar-refractivity contribution in [1.29, 1.82) is 0 Å². The number of hydrogen-bond acceptors (Lipinski definition) is 4. The molecule has 0 aliphatic rings. The Kier molecular flexibility index (Phi) is 2.92. The molecule has 0 bridgehead atoms. The summed E-state index contributed by atoms with van der Waals surface area (Å²) < 4.78 is 45.1. The number of aromatic carboxylic acids is 1. The number of rotatable bonds is 2. The number of carboxylic acids is 1. The summed E-state index contributed by atoms with van der Waals surface area (Å²) in [6, 6.07) is 0.469. The number of esters is 1. The van der Waals surface area contributed by atoms with E-state index in [4.69, 9.17) is 5.11 Å². The fourth-order valence-electron chi connectivity index (χ4n) is 0.962. The molecule has 0 unspecified atom stereocenters.